The smallest absolute Gasteiger partial charge is 0.130 e. The average molecular weight is 370 g/mol. The first kappa shape index (κ1) is 21.6. The lowest BCUT2D eigenvalue weighted by atomic mass is 9.92. The molecule has 1 atom stereocenters. The largest absolute Gasteiger partial charge is 0.483 e. The molecule has 0 bridgehead atoms. The van der Waals surface area contributed by atoms with Gasteiger partial charge in [0.25, 0.3) is 0 Å². The molecule has 0 saturated heterocycles. The van der Waals surface area contributed by atoms with Crippen molar-refractivity contribution in [1.29, 1.82) is 0 Å². The lowest BCUT2D eigenvalue weighted by Gasteiger charge is -2.34. The highest BCUT2D eigenvalue weighted by atomic mass is 16.5. The van der Waals surface area contributed by atoms with E-state index in [9.17, 15) is 0 Å². The predicted octanol–water partition coefficient (Wildman–Crippen LogP) is 7.18. The van der Waals surface area contributed by atoms with Crippen molar-refractivity contribution in [3.63, 3.8) is 0 Å². The summed E-state index contributed by atoms with van der Waals surface area (Å²) >= 11 is 0. The molecule has 1 aromatic rings. The van der Waals surface area contributed by atoms with Crippen molar-refractivity contribution in [2.24, 2.45) is 0 Å². The van der Waals surface area contributed by atoms with Crippen LogP contribution in [0.2, 0.25) is 0 Å². The molecular formula is C25H39NO. The summed E-state index contributed by atoms with van der Waals surface area (Å²) in [5.74, 6) is 1.06. The molecule has 2 nitrogen and oxygen atoms in total. The Kier molecular flexibility index (Phi) is 8.01. The molecule has 1 aromatic carbocycles. The van der Waals surface area contributed by atoms with Gasteiger partial charge in [-0.15, -0.1) is 0 Å². The number of ether oxygens (including phenoxy) is 1. The number of fused-ring (bicyclic) bond motifs is 1. The molecule has 0 radical (unpaired) electrons. The molecule has 1 unspecified atom stereocenters. The minimum Gasteiger partial charge on any atom is -0.483 e. The number of nitrogens with zero attached hydrogens (tertiary/aromatic N) is 1. The van der Waals surface area contributed by atoms with Gasteiger partial charge in [0.15, 0.2) is 0 Å². The maximum atomic E-state index is 6.59. The Morgan fingerprint density at radius 1 is 1.11 bits per heavy atom. The fourth-order valence-corrected chi connectivity index (χ4v) is 3.80. The standard InChI is InChI=1S/C25H39NO/c1-7-10-11-14-21-18-23(26(8-2)9-3)22-15-17-25(6,27-24(22)19-21)16-12-13-20(4)5/h13,15,17-19H,7-12,14,16H2,1-6H3. The number of benzene rings is 1. The quantitative estimate of drug-likeness (QED) is 0.320. The number of unbranched alkanes of at least 4 members (excludes halogenated alkanes) is 2. The summed E-state index contributed by atoms with van der Waals surface area (Å²) in [5, 5.41) is 0. The lowest BCUT2D eigenvalue weighted by Crippen LogP contribution is -2.32. The Labute approximate surface area is 167 Å². The number of rotatable bonds is 10. The number of hydrogen-bond donors (Lipinski definition) is 0. The van der Waals surface area contributed by atoms with E-state index in [0.717, 1.165) is 38.1 Å². The van der Waals surface area contributed by atoms with Gasteiger partial charge in [-0.25, -0.2) is 0 Å². The van der Waals surface area contributed by atoms with Crippen LogP contribution in [-0.2, 0) is 6.42 Å². The van der Waals surface area contributed by atoms with E-state index in [0.29, 0.717) is 0 Å². The SMILES string of the molecule is CCCCCc1cc2c(c(N(CC)CC)c1)C=CC(C)(CCC=C(C)C)O2. The van der Waals surface area contributed by atoms with E-state index >= 15 is 0 Å². The van der Waals surface area contributed by atoms with Crippen LogP contribution in [0.1, 0.15) is 84.8 Å². The van der Waals surface area contributed by atoms with Gasteiger partial charge < -0.3 is 9.64 Å². The molecule has 0 amide bonds. The van der Waals surface area contributed by atoms with Crippen LogP contribution in [0.5, 0.6) is 5.75 Å². The molecule has 150 valence electrons. The highest BCUT2D eigenvalue weighted by molar-refractivity contribution is 5.76. The van der Waals surface area contributed by atoms with Crippen molar-refractivity contribution in [3.05, 3.63) is 41.0 Å². The van der Waals surface area contributed by atoms with Gasteiger partial charge in [-0.2, -0.15) is 0 Å². The molecule has 0 N–H and O–H groups in total. The van der Waals surface area contributed by atoms with Crippen molar-refractivity contribution in [2.75, 3.05) is 18.0 Å². The maximum absolute atomic E-state index is 6.59. The van der Waals surface area contributed by atoms with Crippen LogP contribution in [0.4, 0.5) is 5.69 Å². The van der Waals surface area contributed by atoms with Gasteiger partial charge in [-0.1, -0.05) is 31.4 Å². The van der Waals surface area contributed by atoms with Crippen LogP contribution >= 0.6 is 0 Å². The van der Waals surface area contributed by atoms with Gasteiger partial charge in [0.1, 0.15) is 11.4 Å². The monoisotopic (exact) mass is 369 g/mol. The van der Waals surface area contributed by atoms with Crippen molar-refractivity contribution in [2.45, 2.75) is 85.7 Å². The summed E-state index contributed by atoms with van der Waals surface area (Å²) in [5.41, 5.74) is 5.14. The average Bonchev–Trinajstić information content (AvgIpc) is 2.62. The van der Waals surface area contributed by atoms with Gasteiger partial charge in [-0.3, -0.25) is 0 Å². The Morgan fingerprint density at radius 2 is 1.85 bits per heavy atom. The Hall–Kier alpha value is -1.70. The normalized spacial score (nSPS) is 18.0. The lowest BCUT2D eigenvalue weighted by molar-refractivity contribution is 0.128. The van der Waals surface area contributed by atoms with Crippen LogP contribution in [0.3, 0.4) is 0 Å². The number of anilines is 1. The summed E-state index contributed by atoms with van der Waals surface area (Å²) in [6.07, 6.45) is 13.9. The minimum absolute atomic E-state index is 0.221. The summed E-state index contributed by atoms with van der Waals surface area (Å²) in [6, 6.07) is 4.68. The highest BCUT2D eigenvalue weighted by Gasteiger charge is 2.28. The predicted molar refractivity (Wildman–Crippen MR) is 120 cm³/mol. The van der Waals surface area contributed by atoms with Crippen LogP contribution in [-0.4, -0.2) is 18.7 Å². The van der Waals surface area contributed by atoms with Crippen molar-refractivity contribution in [3.8, 4) is 5.75 Å². The molecule has 27 heavy (non-hydrogen) atoms. The molecule has 0 spiro atoms. The third kappa shape index (κ3) is 5.89. The summed E-state index contributed by atoms with van der Waals surface area (Å²) in [4.78, 5) is 2.45. The zero-order valence-corrected chi connectivity index (χ0v) is 18.4. The maximum Gasteiger partial charge on any atom is 0.130 e. The fraction of sp³-hybridized carbons (Fsp3) is 0.600. The molecule has 2 rings (SSSR count). The molecule has 1 aliphatic rings. The first-order valence-electron chi connectivity index (χ1n) is 10.9. The molecule has 1 aliphatic heterocycles. The van der Waals surface area contributed by atoms with E-state index in [-0.39, 0.29) is 5.60 Å². The summed E-state index contributed by atoms with van der Waals surface area (Å²) in [7, 11) is 0. The third-order valence-corrected chi connectivity index (χ3v) is 5.49. The molecule has 0 fully saturated rings. The first-order chi connectivity index (χ1) is 12.9. The number of hydrogen-bond acceptors (Lipinski definition) is 2. The molecule has 1 heterocycles. The van der Waals surface area contributed by atoms with E-state index in [1.54, 1.807) is 0 Å². The molecule has 2 heteroatoms. The van der Waals surface area contributed by atoms with Gasteiger partial charge in [0.05, 0.1) is 0 Å². The second kappa shape index (κ2) is 10.0. The topological polar surface area (TPSA) is 12.5 Å². The summed E-state index contributed by atoms with van der Waals surface area (Å²) < 4.78 is 6.59. The minimum atomic E-state index is -0.221. The molecular weight excluding hydrogens is 330 g/mol. The second-order valence-corrected chi connectivity index (χ2v) is 8.22. The van der Waals surface area contributed by atoms with E-state index in [1.807, 2.05) is 0 Å². The van der Waals surface area contributed by atoms with E-state index in [1.165, 1.54) is 41.6 Å². The van der Waals surface area contributed by atoms with Gasteiger partial charge in [0.2, 0.25) is 0 Å². The zero-order chi connectivity index (χ0) is 19.9. The van der Waals surface area contributed by atoms with Crippen LogP contribution < -0.4 is 9.64 Å². The van der Waals surface area contributed by atoms with E-state index in [4.69, 9.17) is 4.74 Å². The van der Waals surface area contributed by atoms with Crippen molar-refractivity contribution < 1.29 is 4.74 Å². The van der Waals surface area contributed by atoms with Crippen molar-refractivity contribution in [1.82, 2.24) is 0 Å². The zero-order valence-electron chi connectivity index (χ0n) is 18.4. The van der Waals surface area contributed by atoms with E-state index in [2.05, 4.69) is 76.8 Å². The Bertz CT molecular complexity index is 665. The van der Waals surface area contributed by atoms with Crippen LogP contribution in [0.15, 0.2) is 29.9 Å². The number of allylic oxidation sites excluding steroid dienone is 2. The summed E-state index contributed by atoms with van der Waals surface area (Å²) in [6.45, 7) is 15.3. The second-order valence-electron chi connectivity index (χ2n) is 8.22. The van der Waals surface area contributed by atoms with E-state index < -0.39 is 0 Å². The Morgan fingerprint density at radius 3 is 2.48 bits per heavy atom. The fourth-order valence-electron chi connectivity index (χ4n) is 3.80. The highest BCUT2D eigenvalue weighted by Crippen LogP contribution is 2.40. The van der Waals surface area contributed by atoms with Crippen LogP contribution in [0, 0.1) is 0 Å². The molecule has 0 aromatic heterocycles. The molecule has 0 aliphatic carbocycles. The molecule has 0 saturated carbocycles. The van der Waals surface area contributed by atoms with Gasteiger partial charge >= 0.3 is 0 Å². The number of aryl methyl sites for hydroxylation is 1. The third-order valence-electron chi connectivity index (χ3n) is 5.49. The van der Waals surface area contributed by atoms with Crippen LogP contribution in [0.25, 0.3) is 6.08 Å². The van der Waals surface area contributed by atoms with Gasteiger partial charge in [-0.05, 0) is 90.2 Å². The Balaban J connectivity index is 2.32. The van der Waals surface area contributed by atoms with Gasteiger partial charge in [0, 0.05) is 24.3 Å². The first-order valence-corrected chi connectivity index (χ1v) is 10.9. The van der Waals surface area contributed by atoms with Crippen molar-refractivity contribution >= 4 is 11.8 Å².